The van der Waals surface area contributed by atoms with E-state index in [1.54, 1.807) is 0 Å². The Labute approximate surface area is 207 Å². The standard InChI is InChI=1S/C28H34N6O/c1-19-16-26(33-12-4-3-5-13-33)25(27-30-20(2)31-32-27)17-24(19)28(35)34-14-10-23(11-15-34)22-8-6-21(18-29)7-9-22/h6-9,16-17,20,23,31H,3-5,10-15H2,1-2H3,(H,30,32). The lowest BCUT2D eigenvalue weighted by molar-refractivity contribution is 0.0712. The van der Waals surface area contributed by atoms with Crippen LogP contribution in [0.1, 0.15) is 77.6 Å². The molecule has 35 heavy (non-hydrogen) atoms. The van der Waals surface area contributed by atoms with E-state index in [0.717, 1.165) is 61.5 Å². The topological polar surface area (TPSA) is 83.8 Å². The van der Waals surface area contributed by atoms with E-state index >= 15 is 0 Å². The Bertz CT molecular complexity index is 1150. The van der Waals surface area contributed by atoms with Crippen LogP contribution in [0.25, 0.3) is 0 Å². The van der Waals surface area contributed by atoms with Gasteiger partial charge in [0.05, 0.1) is 11.6 Å². The molecule has 2 aromatic carbocycles. The number of carbonyl (C=O) groups excluding carboxylic acids is 1. The molecule has 0 spiro atoms. The highest BCUT2D eigenvalue weighted by Crippen LogP contribution is 2.32. The average Bonchev–Trinajstić information content (AvgIpc) is 3.35. The lowest BCUT2D eigenvalue weighted by Gasteiger charge is -2.34. The van der Waals surface area contributed by atoms with E-state index in [-0.39, 0.29) is 12.1 Å². The summed E-state index contributed by atoms with van der Waals surface area (Å²) in [5.41, 5.74) is 9.00. The Morgan fingerprint density at radius 1 is 1.06 bits per heavy atom. The van der Waals surface area contributed by atoms with Gasteiger partial charge in [0.2, 0.25) is 0 Å². The predicted octanol–water partition coefficient (Wildman–Crippen LogP) is 4.08. The number of nitrogens with zero attached hydrogens (tertiary/aromatic N) is 4. The van der Waals surface area contributed by atoms with Crippen LogP contribution in [0.2, 0.25) is 0 Å². The number of carbonyl (C=O) groups is 1. The monoisotopic (exact) mass is 470 g/mol. The Hall–Kier alpha value is -3.53. The molecule has 2 saturated heterocycles. The maximum absolute atomic E-state index is 13.7. The van der Waals surface area contributed by atoms with E-state index in [9.17, 15) is 4.79 Å². The second kappa shape index (κ2) is 9.99. The maximum atomic E-state index is 13.7. The molecule has 0 aromatic heterocycles. The molecule has 3 aliphatic rings. The molecule has 2 N–H and O–H groups in total. The molecule has 0 radical (unpaired) electrons. The Balaban J connectivity index is 1.36. The quantitative estimate of drug-likeness (QED) is 0.704. The van der Waals surface area contributed by atoms with E-state index in [4.69, 9.17) is 5.26 Å². The van der Waals surface area contributed by atoms with E-state index in [1.807, 2.05) is 24.0 Å². The molecule has 1 unspecified atom stereocenters. The minimum atomic E-state index is 0.0703. The lowest BCUT2D eigenvalue weighted by atomic mass is 9.88. The molecule has 5 rings (SSSR count). The number of amides is 1. The van der Waals surface area contributed by atoms with E-state index in [2.05, 4.69) is 58.0 Å². The van der Waals surface area contributed by atoms with Gasteiger partial charge in [0, 0.05) is 43.0 Å². The number of hydrogen-bond donors (Lipinski definition) is 2. The van der Waals surface area contributed by atoms with Crippen LogP contribution in [0.15, 0.2) is 41.5 Å². The largest absolute Gasteiger partial charge is 0.371 e. The molecule has 1 amide bonds. The summed E-state index contributed by atoms with van der Waals surface area (Å²) in [5.74, 6) is 1.34. The van der Waals surface area contributed by atoms with Crippen molar-refractivity contribution < 1.29 is 4.79 Å². The third-order valence-electron chi connectivity index (χ3n) is 7.54. The zero-order chi connectivity index (χ0) is 24.4. The van der Waals surface area contributed by atoms with Gasteiger partial charge in [0.1, 0.15) is 6.17 Å². The number of anilines is 1. The fourth-order valence-corrected chi connectivity index (χ4v) is 5.49. The number of likely N-dealkylation sites (tertiary alicyclic amines) is 1. The van der Waals surface area contributed by atoms with Crippen LogP contribution in [-0.4, -0.2) is 49.0 Å². The number of hydrazone groups is 1. The molecule has 3 heterocycles. The summed E-state index contributed by atoms with van der Waals surface area (Å²) in [6.45, 7) is 7.65. The average molecular weight is 471 g/mol. The number of benzene rings is 2. The van der Waals surface area contributed by atoms with E-state index < -0.39 is 0 Å². The van der Waals surface area contributed by atoms with Crippen molar-refractivity contribution in [1.29, 1.82) is 5.26 Å². The van der Waals surface area contributed by atoms with Gasteiger partial charge in [-0.3, -0.25) is 10.2 Å². The van der Waals surface area contributed by atoms with Gasteiger partial charge in [-0.2, -0.15) is 10.4 Å². The zero-order valence-electron chi connectivity index (χ0n) is 20.7. The van der Waals surface area contributed by atoms with Crippen molar-refractivity contribution in [3.05, 3.63) is 64.2 Å². The van der Waals surface area contributed by atoms with Gasteiger partial charge in [0.25, 0.3) is 5.91 Å². The van der Waals surface area contributed by atoms with Crippen LogP contribution in [0, 0.1) is 18.3 Å². The molecule has 7 heteroatoms. The second-order valence-electron chi connectivity index (χ2n) is 9.99. The molecule has 2 fully saturated rings. The molecule has 0 bridgehead atoms. The van der Waals surface area contributed by atoms with Gasteiger partial charge in [0.15, 0.2) is 5.84 Å². The smallest absolute Gasteiger partial charge is 0.254 e. The summed E-state index contributed by atoms with van der Waals surface area (Å²) in [7, 11) is 0. The third-order valence-corrected chi connectivity index (χ3v) is 7.54. The van der Waals surface area contributed by atoms with Crippen molar-refractivity contribution in [3.63, 3.8) is 0 Å². The first kappa shape index (κ1) is 23.2. The molecule has 2 aromatic rings. The van der Waals surface area contributed by atoms with Gasteiger partial charge in [-0.15, -0.1) is 0 Å². The number of piperidine rings is 2. The summed E-state index contributed by atoms with van der Waals surface area (Å²) in [6.07, 6.45) is 5.61. The van der Waals surface area contributed by atoms with Gasteiger partial charge >= 0.3 is 0 Å². The fraction of sp³-hybridized carbons (Fsp3) is 0.464. The zero-order valence-corrected chi connectivity index (χ0v) is 20.7. The predicted molar refractivity (Wildman–Crippen MR) is 139 cm³/mol. The van der Waals surface area contributed by atoms with E-state index in [1.165, 1.54) is 30.5 Å². The Kier molecular flexibility index (Phi) is 6.63. The molecule has 7 nitrogen and oxygen atoms in total. The minimum Gasteiger partial charge on any atom is -0.371 e. The molecule has 3 aliphatic heterocycles. The highest BCUT2D eigenvalue weighted by Gasteiger charge is 2.28. The number of nitriles is 1. The third kappa shape index (κ3) is 4.84. The van der Waals surface area contributed by atoms with Crippen molar-refractivity contribution in [2.75, 3.05) is 31.1 Å². The number of hydrogen-bond acceptors (Lipinski definition) is 6. The Morgan fingerprint density at radius 3 is 2.40 bits per heavy atom. The molecule has 0 saturated carbocycles. The summed E-state index contributed by atoms with van der Waals surface area (Å²) in [4.78, 5) is 18.1. The first-order chi connectivity index (χ1) is 17.0. The van der Waals surface area contributed by atoms with Crippen LogP contribution in [-0.2, 0) is 0 Å². The van der Waals surface area contributed by atoms with Gasteiger partial charge < -0.3 is 15.1 Å². The first-order valence-corrected chi connectivity index (χ1v) is 12.8. The second-order valence-corrected chi connectivity index (χ2v) is 9.99. The van der Waals surface area contributed by atoms with Gasteiger partial charge in [-0.05, 0) is 87.3 Å². The van der Waals surface area contributed by atoms with Crippen molar-refractivity contribution >= 4 is 17.4 Å². The lowest BCUT2D eigenvalue weighted by Crippen LogP contribution is -2.39. The van der Waals surface area contributed by atoms with Crippen LogP contribution in [0.5, 0.6) is 0 Å². The number of nitrogens with one attached hydrogen (secondary N) is 2. The fourth-order valence-electron chi connectivity index (χ4n) is 5.49. The van der Waals surface area contributed by atoms with Crippen molar-refractivity contribution in [1.82, 2.24) is 15.6 Å². The normalized spacial score (nSPS) is 20.6. The minimum absolute atomic E-state index is 0.0703. The highest BCUT2D eigenvalue weighted by molar-refractivity contribution is 6.07. The van der Waals surface area contributed by atoms with Crippen LogP contribution < -0.4 is 15.6 Å². The maximum Gasteiger partial charge on any atom is 0.254 e. The SMILES string of the molecule is Cc1cc(N2CCCCC2)c(C2=NNC(C)N2)cc1C(=O)N1CCC(c2ccc(C#N)cc2)CC1. The van der Waals surface area contributed by atoms with Crippen molar-refractivity contribution in [2.45, 2.75) is 58.0 Å². The molecular formula is C28H34N6O. The molecule has 1 atom stereocenters. The van der Waals surface area contributed by atoms with Crippen molar-refractivity contribution in [3.8, 4) is 6.07 Å². The first-order valence-electron chi connectivity index (χ1n) is 12.8. The van der Waals surface area contributed by atoms with Crippen LogP contribution >= 0.6 is 0 Å². The van der Waals surface area contributed by atoms with Crippen molar-refractivity contribution in [2.24, 2.45) is 5.10 Å². The van der Waals surface area contributed by atoms with E-state index in [0.29, 0.717) is 11.5 Å². The number of rotatable bonds is 4. The molecule has 0 aliphatic carbocycles. The summed E-state index contributed by atoms with van der Waals surface area (Å²) in [5, 5.41) is 17.0. The van der Waals surface area contributed by atoms with Crippen LogP contribution in [0.3, 0.4) is 0 Å². The van der Waals surface area contributed by atoms with Crippen LogP contribution in [0.4, 0.5) is 5.69 Å². The van der Waals surface area contributed by atoms with Gasteiger partial charge in [-0.25, -0.2) is 0 Å². The summed E-state index contributed by atoms with van der Waals surface area (Å²) in [6, 6.07) is 14.3. The van der Waals surface area contributed by atoms with Gasteiger partial charge in [-0.1, -0.05) is 12.1 Å². The number of aryl methyl sites for hydroxylation is 1. The Morgan fingerprint density at radius 2 is 1.77 bits per heavy atom. The molecular weight excluding hydrogens is 436 g/mol. The summed E-state index contributed by atoms with van der Waals surface area (Å²) >= 11 is 0. The molecule has 182 valence electrons. The number of amidine groups is 1. The highest BCUT2D eigenvalue weighted by atomic mass is 16.2. The summed E-state index contributed by atoms with van der Waals surface area (Å²) < 4.78 is 0.